The topological polar surface area (TPSA) is 80.9 Å². The van der Waals surface area contributed by atoms with Gasteiger partial charge < -0.3 is 26.6 Å². The molecule has 9 heavy (non-hydrogen) atoms. The molecule has 0 heterocycles. The molecule has 0 saturated carbocycles. The molecule has 0 atom stereocenters. The van der Waals surface area contributed by atoms with Crippen LogP contribution in [0.3, 0.4) is 0 Å². The summed E-state index contributed by atoms with van der Waals surface area (Å²) in [5.74, 6) is 0. The summed E-state index contributed by atoms with van der Waals surface area (Å²) in [5.41, 5.74) is 0. The molecule has 0 unspecified atom stereocenters. The minimum atomic E-state index is -4.61. The van der Waals surface area contributed by atoms with Gasteiger partial charge in [-0.15, -0.1) is 0 Å². The molecule has 0 aromatic heterocycles. The van der Waals surface area contributed by atoms with E-state index in [2.05, 4.69) is 6.55 Å². The second-order valence-electron chi connectivity index (χ2n) is 0.600. The van der Waals surface area contributed by atoms with Crippen molar-refractivity contribution < 1.29 is 48.7 Å². The van der Waals surface area contributed by atoms with Crippen LogP contribution in [-0.4, -0.2) is 38.5 Å². The van der Waals surface area contributed by atoms with Gasteiger partial charge in [-0.05, 0) is 10.2 Å². The van der Waals surface area contributed by atoms with Crippen molar-refractivity contribution in [2.24, 2.45) is 0 Å². The zero-order valence-corrected chi connectivity index (χ0v) is 11.3. The molecule has 0 bridgehead atoms. The first kappa shape index (κ1) is 22.4. The second-order valence-corrected chi connectivity index (χ2v) is 1.80. The normalized spacial score (nSPS) is 7.67. The van der Waals surface area contributed by atoms with Gasteiger partial charge in [0.2, 0.25) is 0 Å². The fourth-order valence-corrected chi connectivity index (χ4v) is 0. The van der Waals surface area contributed by atoms with Crippen LogP contribution in [0, 0.1) is 7.43 Å². The Morgan fingerprint density at radius 3 is 1.00 bits per heavy atom. The smallest absolute Gasteiger partial charge is 0.368 e. The summed E-state index contributed by atoms with van der Waals surface area (Å²) in [6, 6.07) is 0. The molecule has 0 aliphatic rings. The third kappa shape index (κ3) is 302. The molecule has 0 aliphatic heterocycles. The van der Waals surface area contributed by atoms with E-state index in [0.29, 0.717) is 0 Å². The first-order valence-corrected chi connectivity index (χ1v) is 5.68. The van der Waals surface area contributed by atoms with Gasteiger partial charge in [-0.2, -0.15) is 0 Å². The molecule has 0 aromatic rings. The molecular weight excluding hydrogens is 167 g/mol. The quantitative estimate of drug-likeness (QED) is 0.221. The summed E-state index contributed by atoms with van der Waals surface area (Å²) < 4.78 is 0. The Balaban J connectivity index is -0.0000000286. The van der Waals surface area contributed by atoms with E-state index in [9.17, 15) is 0 Å². The SMILES string of the molecule is C[SiH3].O[Si](O)(O)O.[CH3-].[Na+]. The van der Waals surface area contributed by atoms with E-state index in [-0.39, 0.29) is 37.0 Å². The molecule has 0 aliphatic carbocycles. The maximum atomic E-state index is 7.33. The third-order valence-corrected chi connectivity index (χ3v) is 0. The van der Waals surface area contributed by atoms with Gasteiger partial charge in [0.1, 0.15) is 0 Å². The molecule has 54 valence electrons. The number of rotatable bonds is 0. The molecule has 4 nitrogen and oxygen atoms in total. The van der Waals surface area contributed by atoms with E-state index in [4.69, 9.17) is 19.2 Å². The van der Waals surface area contributed by atoms with Crippen LogP contribution in [0.4, 0.5) is 0 Å². The fourth-order valence-electron chi connectivity index (χ4n) is 0. The van der Waals surface area contributed by atoms with Crippen LogP contribution < -0.4 is 29.6 Å². The fraction of sp³-hybridized carbons (Fsp3) is 0.500. The Morgan fingerprint density at radius 1 is 1.00 bits per heavy atom. The van der Waals surface area contributed by atoms with Gasteiger partial charge in [-0.25, -0.2) is 0 Å². The molecule has 0 saturated heterocycles. The standard InChI is InChI=1S/CH6Si.CH3.Na.H4O4Si/c1-2;;;1-5(2,3)4/h1-2H3;1H3;;1-4H/q;-1;+1;. The van der Waals surface area contributed by atoms with E-state index in [1.165, 1.54) is 10.2 Å². The van der Waals surface area contributed by atoms with E-state index in [1.807, 2.05) is 0 Å². The predicted octanol–water partition coefficient (Wildman–Crippen LogP) is -5.75. The van der Waals surface area contributed by atoms with Crippen molar-refractivity contribution in [2.75, 3.05) is 0 Å². The van der Waals surface area contributed by atoms with Crippen molar-refractivity contribution in [3.8, 4) is 0 Å². The maximum absolute atomic E-state index is 7.33. The van der Waals surface area contributed by atoms with Crippen LogP contribution in [-0.2, 0) is 0 Å². The Hall–Kier alpha value is 1.27. The van der Waals surface area contributed by atoms with Gasteiger partial charge in [0.25, 0.3) is 0 Å². The molecule has 0 radical (unpaired) electrons. The average Bonchev–Trinajstić information content (AvgIpc) is 1.36. The van der Waals surface area contributed by atoms with Gasteiger partial charge in [-0.1, -0.05) is 6.55 Å². The molecule has 0 aromatic carbocycles. The molecule has 7 heteroatoms. The van der Waals surface area contributed by atoms with E-state index in [0.717, 1.165) is 0 Å². The van der Waals surface area contributed by atoms with Crippen molar-refractivity contribution in [2.45, 2.75) is 6.55 Å². The summed E-state index contributed by atoms with van der Waals surface area (Å²) in [5, 5.41) is 0. The van der Waals surface area contributed by atoms with Crippen LogP contribution in [0.25, 0.3) is 0 Å². The Labute approximate surface area is 81.8 Å². The van der Waals surface area contributed by atoms with Crippen LogP contribution >= 0.6 is 0 Å². The van der Waals surface area contributed by atoms with Gasteiger partial charge >= 0.3 is 38.6 Å². The summed E-state index contributed by atoms with van der Waals surface area (Å²) in [6.07, 6.45) is 0. The van der Waals surface area contributed by atoms with Crippen LogP contribution in [0.1, 0.15) is 0 Å². The summed E-state index contributed by atoms with van der Waals surface area (Å²) >= 11 is 0. The van der Waals surface area contributed by atoms with E-state index < -0.39 is 9.05 Å². The van der Waals surface area contributed by atoms with Gasteiger partial charge in [0, 0.05) is 0 Å². The van der Waals surface area contributed by atoms with Crippen LogP contribution in [0.5, 0.6) is 0 Å². The van der Waals surface area contributed by atoms with Crippen molar-refractivity contribution in [1.82, 2.24) is 0 Å². The molecular formula is C2H13NaO4Si2. The molecule has 0 amide bonds. The molecule has 0 rings (SSSR count). The Morgan fingerprint density at radius 2 is 1.00 bits per heavy atom. The monoisotopic (exact) mass is 180 g/mol. The van der Waals surface area contributed by atoms with Gasteiger partial charge in [0.05, 0.1) is 0 Å². The second kappa shape index (κ2) is 12.0. The predicted molar refractivity (Wildman–Crippen MR) is 36.8 cm³/mol. The number of hydrogen-bond donors (Lipinski definition) is 4. The zero-order valence-electron chi connectivity index (χ0n) is 6.29. The van der Waals surface area contributed by atoms with Gasteiger partial charge in [-0.3, -0.25) is 0 Å². The van der Waals surface area contributed by atoms with Crippen molar-refractivity contribution in [3.63, 3.8) is 0 Å². The van der Waals surface area contributed by atoms with Crippen LogP contribution in [0.15, 0.2) is 0 Å². The molecule has 0 fully saturated rings. The van der Waals surface area contributed by atoms with E-state index in [1.54, 1.807) is 0 Å². The first-order chi connectivity index (χ1) is 3.00. The minimum Gasteiger partial charge on any atom is -0.368 e. The zero-order chi connectivity index (χ0) is 6.50. The van der Waals surface area contributed by atoms with Crippen molar-refractivity contribution in [3.05, 3.63) is 7.43 Å². The maximum Gasteiger partial charge on any atom is 1.00 e. The largest absolute Gasteiger partial charge is 1.00 e. The molecule has 4 N–H and O–H groups in total. The van der Waals surface area contributed by atoms with E-state index >= 15 is 0 Å². The average molecular weight is 180 g/mol. The summed E-state index contributed by atoms with van der Waals surface area (Å²) in [6.45, 7) is 2.14. The van der Waals surface area contributed by atoms with Gasteiger partial charge in [0.15, 0.2) is 0 Å². The van der Waals surface area contributed by atoms with Crippen molar-refractivity contribution >= 4 is 19.3 Å². The van der Waals surface area contributed by atoms with Crippen LogP contribution in [0.2, 0.25) is 6.55 Å². The first-order valence-electron chi connectivity index (χ1n) is 1.89. The third-order valence-electron chi connectivity index (χ3n) is 0. The number of hydrogen-bond acceptors (Lipinski definition) is 4. The summed E-state index contributed by atoms with van der Waals surface area (Å²) in [7, 11) is -3.31. The minimum absolute atomic E-state index is 0. The Kier molecular flexibility index (Phi) is 29.9. The van der Waals surface area contributed by atoms with Crippen molar-refractivity contribution in [1.29, 1.82) is 0 Å². The molecule has 0 spiro atoms. The summed E-state index contributed by atoms with van der Waals surface area (Å²) in [4.78, 5) is 29.3. The Bertz CT molecular complexity index is 32.0.